The molecule has 1 atom stereocenters. The average molecular weight is 314 g/mol. The van der Waals surface area contributed by atoms with Crippen molar-refractivity contribution in [1.29, 1.82) is 0 Å². The van der Waals surface area contributed by atoms with Crippen molar-refractivity contribution in [2.75, 3.05) is 31.6 Å². The van der Waals surface area contributed by atoms with E-state index in [1.165, 1.54) is 0 Å². The normalized spacial score (nSPS) is 17.0. The number of morpholine rings is 1. The minimum Gasteiger partial charge on any atom is -0.544 e. The van der Waals surface area contributed by atoms with Crippen molar-refractivity contribution < 1.29 is 33.1 Å². The first-order chi connectivity index (χ1) is 10.5. The number of carbonyl (C=O) groups excluding carboxylic acids is 2. The zero-order valence-corrected chi connectivity index (χ0v) is 11.7. The van der Waals surface area contributed by atoms with Crippen molar-refractivity contribution in [2.45, 2.75) is 12.5 Å². The summed E-state index contributed by atoms with van der Waals surface area (Å²) < 4.78 is 31.4. The molecule has 1 amide bonds. The minimum absolute atomic E-state index is 0.194. The van der Waals surface area contributed by atoms with E-state index in [2.05, 4.69) is 5.32 Å². The van der Waals surface area contributed by atoms with Crippen LogP contribution in [0.3, 0.4) is 0 Å². The molecule has 1 heterocycles. The molecule has 2 rings (SSSR count). The molecule has 22 heavy (non-hydrogen) atoms. The van der Waals surface area contributed by atoms with E-state index in [0.29, 0.717) is 37.3 Å². The average Bonchev–Trinajstić information content (AvgIpc) is 2.48. The largest absolute Gasteiger partial charge is 0.544 e. The first kappa shape index (κ1) is 16.3. The molecule has 1 aromatic rings. The summed E-state index contributed by atoms with van der Waals surface area (Å²) in [5.41, 5.74) is -0.194. The van der Waals surface area contributed by atoms with Gasteiger partial charge in [0.2, 0.25) is 5.91 Å². The highest BCUT2D eigenvalue weighted by Gasteiger charge is 2.28. The number of rotatable bonds is 5. The third-order valence-corrected chi connectivity index (χ3v) is 3.51. The lowest BCUT2D eigenvalue weighted by Crippen LogP contribution is -3.19. The molecule has 0 aliphatic carbocycles. The van der Waals surface area contributed by atoms with Gasteiger partial charge in [-0.25, -0.2) is 8.78 Å². The third-order valence-electron chi connectivity index (χ3n) is 3.51. The van der Waals surface area contributed by atoms with Crippen molar-refractivity contribution in [3.05, 3.63) is 29.8 Å². The smallest absolute Gasteiger partial charge is 0.230 e. The van der Waals surface area contributed by atoms with E-state index in [0.717, 1.165) is 12.1 Å². The molecule has 6 nitrogen and oxygen atoms in total. The zero-order valence-electron chi connectivity index (χ0n) is 11.7. The Labute approximate surface area is 125 Å². The van der Waals surface area contributed by atoms with Gasteiger partial charge in [-0.05, 0) is 12.1 Å². The topological polar surface area (TPSA) is 82.9 Å². The maximum absolute atomic E-state index is 13.5. The number of carboxylic acids is 1. The van der Waals surface area contributed by atoms with E-state index in [4.69, 9.17) is 4.74 Å². The number of amides is 1. The SMILES string of the molecule is O=C(C[C@H](C(=O)[O-])[NH+]1CCOCC1)Nc1ccc(F)cc1F. The quantitative estimate of drug-likeness (QED) is 0.681. The lowest BCUT2D eigenvalue weighted by atomic mass is 10.1. The van der Waals surface area contributed by atoms with Crippen LogP contribution in [0.2, 0.25) is 0 Å². The third kappa shape index (κ3) is 4.22. The first-order valence-corrected chi connectivity index (χ1v) is 6.85. The highest BCUT2D eigenvalue weighted by molar-refractivity contribution is 5.93. The van der Waals surface area contributed by atoms with Gasteiger partial charge in [0, 0.05) is 6.07 Å². The molecule has 1 fully saturated rings. The fourth-order valence-electron chi connectivity index (χ4n) is 2.35. The van der Waals surface area contributed by atoms with Crippen LogP contribution >= 0.6 is 0 Å². The molecule has 0 radical (unpaired) electrons. The van der Waals surface area contributed by atoms with Gasteiger partial charge < -0.3 is 24.9 Å². The second-order valence-electron chi connectivity index (χ2n) is 5.02. The van der Waals surface area contributed by atoms with E-state index in [9.17, 15) is 23.5 Å². The second kappa shape index (κ2) is 7.28. The maximum Gasteiger partial charge on any atom is 0.230 e. The molecule has 120 valence electrons. The van der Waals surface area contributed by atoms with Gasteiger partial charge in [0.1, 0.15) is 30.8 Å². The van der Waals surface area contributed by atoms with Crippen LogP contribution in [0, 0.1) is 11.6 Å². The number of aliphatic carboxylic acids is 1. The lowest BCUT2D eigenvalue weighted by molar-refractivity contribution is -0.925. The van der Waals surface area contributed by atoms with E-state index in [-0.39, 0.29) is 12.1 Å². The van der Waals surface area contributed by atoms with Crippen LogP contribution in [0.25, 0.3) is 0 Å². The van der Waals surface area contributed by atoms with Crippen molar-refractivity contribution in [3.63, 3.8) is 0 Å². The Balaban J connectivity index is 2.00. The van der Waals surface area contributed by atoms with Gasteiger partial charge in [0.05, 0.1) is 31.3 Å². The van der Waals surface area contributed by atoms with Crippen molar-refractivity contribution in [3.8, 4) is 0 Å². The van der Waals surface area contributed by atoms with Gasteiger partial charge in [0.25, 0.3) is 0 Å². The van der Waals surface area contributed by atoms with E-state index in [1.807, 2.05) is 0 Å². The molecule has 1 aromatic carbocycles. The number of anilines is 1. The summed E-state index contributed by atoms with van der Waals surface area (Å²) in [6.07, 6.45) is -0.353. The number of carboxylic acid groups (broad SMARTS) is 1. The summed E-state index contributed by atoms with van der Waals surface area (Å²) in [6, 6.07) is 1.69. The molecule has 0 saturated carbocycles. The van der Waals surface area contributed by atoms with Gasteiger partial charge in [0.15, 0.2) is 0 Å². The van der Waals surface area contributed by atoms with E-state index in [1.54, 1.807) is 0 Å². The summed E-state index contributed by atoms with van der Waals surface area (Å²) >= 11 is 0. The zero-order chi connectivity index (χ0) is 16.1. The Hall–Kier alpha value is -2.06. The molecular weight excluding hydrogens is 298 g/mol. The van der Waals surface area contributed by atoms with Crippen molar-refractivity contribution in [1.82, 2.24) is 0 Å². The molecular formula is C14H16F2N2O4. The summed E-state index contributed by atoms with van der Waals surface area (Å²) in [5.74, 6) is -3.69. The molecule has 0 spiro atoms. The molecule has 0 unspecified atom stereocenters. The maximum atomic E-state index is 13.5. The number of ether oxygens (including phenoxy) is 1. The highest BCUT2D eigenvalue weighted by atomic mass is 19.1. The molecule has 1 saturated heterocycles. The Kier molecular flexibility index (Phi) is 5.40. The predicted molar refractivity (Wildman–Crippen MR) is 69.9 cm³/mol. The van der Waals surface area contributed by atoms with Crippen LogP contribution in [-0.4, -0.2) is 44.2 Å². The number of hydrogen-bond donors (Lipinski definition) is 2. The summed E-state index contributed by atoms with van der Waals surface area (Å²) in [5, 5.41) is 13.5. The fraction of sp³-hybridized carbons (Fsp3) is 0.429. The number of halogens is 2. The number of benzene rings is 1. The van der Waals surface area contributed by atoms with Crippen molar-refractivity contribution >= 4 is 17.6 Å². The number of nitrogens with one attached hydrogen (secondary N) is 2. The summed E-state index contributed by atoms with van der Waals surface area (Å²) in [6.45, 7) is 1.73. The Morgan fingerprint density at radius 2 is 2.00 bits per heavy atom. The van der Waals surface area contributed by atoms with Crippen LogP contribution < -0.4 is 15.3 Å². The number of quaternary nitrogens is 1. The monoisotopic (exact) mass is 314 g/mol. The predicted octanol–water partition coefficient (Wildman–Crippen LogP) is -1.67. The molecule has 0 bridgehead atoms. The van der Waals surface area contributed by atoms with Gasteiger partial charge >= 0.3 is 0 Å². The molecule has 1 aliphatic rings. The number of hydrogen-bond acceptors (Lipinski definition) is 4. The standard InChI is InChI=1S/C14H16F2N2O4/c15-9-1-2-11(10(16)7-9)17-13(19)8-12(14(20)21)18-3-5-22-6-4-18/h1-2,7,12H,3-6,8H2,(H,17,19)(H,20,21)/t12-/m1/s1. The summed E-state index contributed by atoms with van der Waals surface area (Å²) in [7, 11) is 0. The van der Waals surface area contributed by atoms with Gasteiger partial charge in [-0.3, -0.25) is 4.79 Å². The number of carbonyl (C=O) groups is 2. The Morgan fingerprint density at radius 3 is 2.59 bits per heavy atom. The summed E-state index contributed by atoms with van der Waals surface area (Å²) in [4.78, 5) is 23.8. The molecule has 8 heteroatoms. The highest BCUT2D eigenvalue weighted by Crippen LogP contribution is 2.15. The van der Waals surface area contributed by atoms with Crippen LogP contribution in [0.5, 0.6) is 0 Å². The van der Waals surface area contributed by atoms with Gasteiger partial charge in [-0.15, -0.1) is 0 Å². The minimum atomic E-state index is -1.34. The van der Waals surface area contributed by atoms with Gasteiger partial charge in [-0.1, -0.05) is 0 Å². The fourth-order valence-corrected chi connectivity index (χ4v) is 2.35. The van der Waals surface area contributed by atoms with Crippen LogP contribution in [0.1, 0.15) is 6.42 Å². The van der Waals surface area contributed by atoms with Crippen LogP contribution in [-0.2, 0) is 14.3 Å². The molecule has 2 N–H and O–H groups in total. The van der Waals surface area contributed by atoms with Crippen LogP contribution in [0.15, 0.2) is 18.2 Å². The first-order valence-electron chi connectivity index (χ1n) is 6.85. The Morgan fingerprint density at radius 1 is 1.32 bits per heavy atom. The van der Waals surface area contributed by atoms with Gasteiger partial charge in [-0.2, -0.15) is 0 Å². The van der Waals surface area contributed by atoms with Crippen LogP contribution in [0.4, 0.5) is 14.5 Å². The van der Waals surface area contributed by atoms with Crippen molar-refractivity contribution in [2.24, 2.45) is 0 Å². The molecule has 0 aromatic heterocycles. The second-order valence-corrected chi connectivity index (χ2v) is 5.02. The lowest BCUT2D eigenvalue weighted by Gasteiger charge is -2.31. The Bertz CT molecular complexity index is 562. The van der Waals surface area contributed by atoms with E-state index >= 15 is 0 Å². The van der Waals surface area contributed by atoms with E-state index < -0.39 is 29.6 Å². The molecule has 1 aliphatic heterocycles.